The third-order valence-electron chi connectivity index (χ3n) is 12.8. The number of amides is 9. The highest BCUT2D eigenvalue weighted by Crippen LogP contribution is 2.20. The Morgan fingerprint density at radius 1 is 0.580 bits per heavy atom. The second kappa shape index (κ2) is 34.1. The Morgan fingerprint density at radius 3 is 1.62 bits per heavy atom. The number of nitrogens with zero attached hydrogens (tertiary/aromatic N) is 2. The number of nitrogens with one attached hydrogen (secondary N) is 10. The first kappa shape index (κ1) is 65.4. The second-order valence-corrected chi connectivity index (χ2v) is 19.9. The minimum Gasteiger partial charge on any atom is -0.481 e. The van der Waals surface area contributed by atoms with Gasteiger partial charge in [-0.2, -0.15) is 25.3 Å². The van der Waals surface area contributed by atoms with Gasteiger partial charge in [-0.1, -0.05) is 74.7 Å². The molecule has 26 nitrogen and oxygen atoms in total. The molecule has 0 radical (unpaired) electrons. The Kier molecular flexibility index (Phi) is 27.5. The molecule has 0 unspecified atom stereocenters. The summed E-state index contributed by atoms with van der Waals surface area (Å²) >= 11 is 8.41. The molecule has 0 aliphatic heterocycles. The maximum atomic E-state index is 14.8. The fraction of sp³-hybridized carbons (Fsp3) is 0.472. The summed E-state index contributed by atoms with van der Waals surface area (Å²) in [6, 6.07) is 5.27. The van der Waals surface area contributed by atoms with Gasteiger partial charge in [0.25, 0.3) is 0 Å². The number of rotatable bonds is 36. The lowest BCUT2D eigenvalue weighted by molar-refractivity contribution is -0.137. The van der Waals surface area contributed by atoms with E-state index in [0.29, 0.717) is 40.6 Å². The van der Waals surface area contributed by atoms with E-state index in [9.17, 15) is 53.1 Å². The van der Waals surface area contributed by atoms with Crippen LogP contribution in [0.4, 0.5) is 0 Å². The number of imidazole rings is 1. The number of H-pyrrole nitrogens is 2. The molecule has 2 heterocycles. The number of carboxylic acid groups (broad SMARTS) is 1. The van der Waals surface area contributed by atoms with Gasteiger partial charge >= 0.3 is 5.97 Å². The standard InChI is InChI=1S/C53H75N15O11S2/c1-3-4-16-36(61-30(2)69)46(73)68-43(28-81)52(79)66-41(24-33-26-57-29-60-33)51(78)64-39(22-31-13-6-5-7-14-31)49(76)63-38(19-12-21-58-53(55)56)47(74)65-40(23-32-25-59-35-17-9-8-15-34(32)35)50(77)62-37(18-10-11-20-44(70)71)48(75)67-42(27-80)45(54)72/h5-9,13-15,17,25-26,29,36-43,59,80-81H,3-4,10-12,16,18-24,27-28H2,1-2H3,(H2,54,72)(H,57,60)(H,61,69)(H,62,77)(H,63,76)(H,64,78)(H,65,74)(H,66,79)(H,67,75)(H,68,73)(H,70,71)(H4,55,56,58)/t36-,37-,38-,39+,40-,41-,42-,43-/m0/s1. The number of aromatic amines is 2. The third-order valence-corrected chi connectivity index (χ3v) is 13.5. The zero-order valence-corrected chi connectivity index (χ0v) is 47.0. The molecule has 17 N–H and O–H groups in total. The Balaban J connectivity index is 1.70. The number of carboxylic acids is 1. The van der Waals surface area contributed by atoms with Crippen molar-refractivity contribution >= 4 is 101 Å². The Bertz CT molecular complexity index is 2780. The van der Waals surface area contributed by atoms with E-state index in [-0.39, 0.29) is 81.8 Å². The van der Waals surface area contributed by atoms with E-state index in [1.54, 1.807) is 60.8 Å². The lowest BCUT2D eigenvalue weighted by atomic mass is 10.0. The number of fused-ring (bicyclic) bond motifs is 1. The van der Waals surface area contributed by atoms with Crippen molar-refractivity contribution in [1.82, 2.24) is 57.5 Å². The molecule has 0 fully saturated rings. The predicted molar refractivity (Wildman–Crippen MR) is 308 cm³/mol. The van der Waals surface area contributed by atoms with Crippen LogP contribution in [0.5, 0.6) is 0 Å². The molecule has 9 amide bonds. The van der Waals surface area contributed by atoms with Gasteiger partial charge in [-0.3, -0.25) is 52.9 Å². The molecule has 0 spiro atoms. The monoisotopic (exact) mass is 1160 g/mol. The van der Waals surface area contributed by atoms with E-state index in [0.717, 1.165) is 6.42 Å². The van der Waals surface area contributed by atoms with Gasteiger partial charge in [0, 0.05) is 79.6 Å². The van der Waals surface area contributed by atoms with Crippen molar-refractivity contribution < 1.29 is 53.1 Å². The average molecular weight is 1160 g/mol. The first-order valence-electron chi connectivity index (χ1n) is 26.5. The van der Waals surface area contributed by atoms with Crippen molar-refractivity contribution in [3.05, 3.63) is 90.1 Å². The largest absolute Gasteiger partial charge is 0.481 e. The Hall–Kier alpha value is -8.14. The number of aliphatic imine (C=N–C) groups is 1. The van der Waals surface area contributed by atoms with Gasteiger partial charge in [-0.15, -0.1) is 0 Å². The number of nitrogens with two attached hydrogens (primary N) is 3. The van der Waals surface area contributed by atoms with Gasteiger partial charge in [0.1, 0.15) is 48.3 Å². The topological polar surface area (TPSA) is 422 Å². The second-order valence-electron chi connectivity index (χ2n) is 19.2. The van der Waals surface area contributed by atoms with Crippen LogP contribution in [0, 0.1) is 0 Å². The molecule has 4 rings (SSSR count). The summed E-state index contributed by atoms with van der Waals surface area (Å²) in [7, 11) is 0. The number of benzene rings is 2. The number of carbonyl (C=O) groups is 10. The van der Waals surface area contributed by atoms with Crippen molar-refractivity contribution in [1.29, 1.82) is 0 Å². The fourth-order valence-electron chi connectivity index (χ4n) is 8.51. The zero-order chi connectivity index (χ0) is 59.4. The van der Waals surface area contributed by atoms with Crippen LogP contribution in [0.3, 0.4) is 0 Å². The normalized spacial score (nSPS) is 14.0. The van der Waals surface area contributed by atoms with Crippen molar-refractivity contribution in [2.75, 3.05) is 18.1 Å². The first-order chi connectivity index (χ1) is 38.7. The number of aliphatic carboxylic acids is 1. The Labute approximate surface area is 479 Å². The number of thiol groups is 2. The zero-order valence-electron chi connectivity index (χ0n) is 45.2. The number of aromatic nitrogens is 3. The molecule has 2 aromatic heterocycles. The van der Waals surface area contributed by atoms with Crippen LogP contribution >= 0.6 is 25.3 Å². The van der Waals surface area contributed by atoms with Crippen LogP contribution in [0.2, 0.25) is 0 Å². The highest BCUT2D eigenvalue weighted by atomic mass is 32.1. The number of para-hydroxylation sites is 1. The lowest BCUT2D eigenvalue weighted by Crippen LogP contribution is -2.61. The number of hydrogen-bond donors (Lipinski definition) is 16. The van der Waals surface area contributed by atoms with Crippen LogP contribution in [0.1, 0.15) is 88.5 Å². The minimum absolute atomic E-state index is 0.0119. The molecule has 4 aromatic rings. The summed E-state index contributed by atoms with van der Waals surface area (Å²) in [5, 5.41) is 31.3. The van der Waals surface area contributed by atoms with Gasteiger partial charge < -0.3 is 74.8 Å². The van der Waals surface area contributed by atoms with Crippen LogP contribution in [0.15, 0.2) is 78.3 Å². The molecule has 81 heavy (non-hydrogen) atoms. The summed E-state index contributed by atoms with van der Waals surface area (Å²) in [4.78, 5) is 149. The van der Waals surface area contributed by atoms with E-state index in [2.05, 4.69) is 87.7 Å². The SMILES string of the molecule is CCCC[C@H](NC(C)=O)C(=O)N[C@@H](CS)C(=O)N[C@@H](Cc1cnc[nH]1)C(=O)N[C@H](Cc1ccccc1)C(=O)N[C@@H](CCCN=C(N)N)C(=O)N[C@@H](Cc1c[nH]c2ccccc12)C(=O)N[C@@H](CCCCC(=O)O)C(=O)N[C@@H](CS)C(N)=O. The molecule has 2 aromatic carbocycles. The van der Waals surface area contributed by atoms with Crippen LogP contribution in [-0.4, -0.2) is 152 Å². The summed E-state index contributed by atoms with van der Waals surface area (Å²) in [5.74, 6) is -8.72. The number of guanidine groups is 1. The number of carbonyl (C=O) groups excluding carboxylic acids is 9. The van der Waals surface area contributed by atoms with Crippen molar-refractivity contribution in [3.8, 4) is 0 Å². The number of primary amides is 1. The molecule has 440 valence electrons. The predicted octanol–water partition coefficient (Wildman–Crippen LogP) is -0.949. The van der Waals surface area contributed by atoms with Gasteiger partial charge in [0.15, 0.2) is 5.96 Å². The van der Waals surface area contributed by atoms with Gasteiger partial charge in [-0.25, -0.2) is 4.98 Å². The lowest BCUT2D eigenvalue weighted by Gasteiger charge is -2.28. The van der Waals surface area contributed by atoms with E-state index < -0.39 is 107 Å². The Morgan fingerprint density at radius 2 is 1.07 bits per heavy atom. The third kappa shape index (κ3) is 22.5. The van der Waals surface area contributed by atoms with E-state index >= 15 is 0 Å². The summed E-state index contributed by atoms with van der Waals surface area (Å²) in [6.07, 6.45) is 5.62. The number of hydrogen-bond acceptors (Lipinski definition) is 14. The average Bonchev–Trinajstić information content (AvgIpc) is 4.11. The first-order valence-corrected chi connectivity index (χ1v) is 27.7. The summed E-state index contributed by atoms with van der Waals surface area (Å²) in [5.41, 5.74) is 19.0. The molecule has 0 aliphatic rings. The van der Waals surface area contributed by atoms with Crippen molar-refractivity contribution in [3.63, 3.8) is 0 Å². The van der Waals surface area contributed by atoms with Gasteiger partial charge in [0.2, 0.25) is 53.2 Å². The smallest absolute Gasteiger partial charge is 0.303 e. The number of unbranched alkanes of at least 4 members (excludes halogenated alkanes) is 2. The molecule has 0 saturated carbocycles. The van der Waals surface area contributed by atoms with Crippen LogP contribution in [0.25, 0.3) is 10.9 Å². The van der Waals surface area contributed by atoms with Crippen LogP contribution in [-0.2, 0) is 67.2 Å². The highest BCUT2D eigenvalue weighted by molar-refractivity contribution is 7.80. The molecule has 0 saturated heterocycles. The van der Waals surface area contributed by atoms with Crippen LogP contribution < -0.4 is 59.7 Å². The van der Waals surface area contributed by atoms with Crippen molar-refractivity contribution in [2.24, 2.45) is 22.2 Å². The minimum atomic E-state index is -1.45. The van der Waals surface area contributed by atoms with Crippen molar-refractivity contribution in [2.45, 2.75) is 139 Å². The van der Waals surface area contributed by atoms with E-state index in [1.165, 1.54) is 19.4 Å². The van der Waals surface area contributed by atoms with E-state index in [1.807, 2.05) is 6.92 Å². The molecule has 28 heteroatoms. The van der Waals surface area contributed by atoms with E-state index in [4.69, 9.17) is 17.2 Å². The molecule has 0 bridgehead atoms. The summed E-state index contributed by atoms with van der Waals surface area (Å²) in [6.45, 7) is 3.20. The fourth-order valence-corrected chi connectivity index (χ4v) is 9.04. The highest BCUT2D eigenvalue weighted by Gasteiger charge is 2.35. The molecular weight excluding hydrogens is 1090 g/mol. The maximum absolute atomic E-state index is 14.8. The molecule has 0 aliphatic carbocycles. The van der Waals surface area contributed by atoms with Gasteiger partial charge in [0.05, 0.1) is 6.33 Å². The maximum Gasteiger partial charge on any atom is 0.303 e. The summed E-state index contributed by atoms with van der Waals surface area (Å²) < 4.78 is 0. The molecule has 8 atom stereocenters. The van der Waals surface area contributed by atoms with Gasteiger partial charge in [-0.05, 0) is 49.3 Å². The quantitative estimate of drug-likeness (QED) is 0.0113. The molecular formula is C53H75N15O11S2.